The van der Waals surface area contributed by atoms with Gasteiger partial charge in [-0.2, -0.15) is 0 Å². The maximum atomic E-state index is 11.4. The molecule has 0 saturated heterocycles. The van der Waals surface area contributed by atoms with Crippen LogP contribution in [0.4, 0.5) is 0 Å². The van der Waals surface area contributed by atoms with Crippen LogP contribution in [0.3, 0.4) is 0 Å². The standard InChI is InChI=1S/C18H23ClO2/c1-17(2,3)15-6-4-5-9-18(15,20)16-11-12-10-13(19)7-8-14(12)21-16/h7-8,10-11,15,20H,4-6,9H2,1-3H3. The average molecular weight is 307 g/mol. The summed E-state index contributed by atoms with van der Waals surface area (Å²) in [4.78, 5) is 0. The number of rotatable bonds is 1. The van der Waals surface area contributed by atoms with Crippen molar-refractivity contribution in [1.29, 1.82) is 0 Å². The number of hydrogen-bond acceptors (Lipinski definition) is 2. The molecule has 1 aromatic carbocycles. The molecule has 1 heterocycles. The molecule has 0 amide bonds. The third-order valence-electron chi connectivity index (χ3n) is 4.83. The highest BCUT2D eigenvalue weighted by Crippen LogP contribution is 2.50. The number of furan rings is 1. The Balaban J connectivity index is 2.09. The average Bonchev–Trinajstić information content (AvgIpc) is 2.81. The first-order valence-corrected chi connectivity index (χ1v) is 8.10. The smallest absolute Gasteiger partial charge is 0.137 e. The number of hydrogen-bond donors (Lipinski definition) is 1. The van der Waals surface area contributed by atoms with Gasteiger partial charge in [-0.15, -0.1) is 0 Å². The van der Waals surface area contributed by atoms with E-state index in [4.69, 9.17) is 16.0 Å². The number of aliphatic hydroxyl groups is 1. The maximum absolute atomic E-state index is 11.4. The Bertz CT molecular complexity index is 653. The quantitative estimate of drug-likeness (QED) is 0.753. The third-order valence-corrected chi connectivity index (χ3v) is 5.06. The minimum atomic E-state index is -0.873. The zero-order valence-electron chi connectivity index (χ0n) is 12.9. The van der Waals surface area contributed by atoms with Crippen molar-refractivity contribution in [2.24, 2.45) is 11.3 Å². The lowest BCUT2D eigenvalue weighted by Crippen LogP contribution is -2.44. The fraction of sp³-hybridized carbons (Fsp3) is 0.556. The van der Waals surface area contributed by atoms with Crippen molar-refractivity contribution < 1.29 is 9.52 Å². The highest BCUT2D eigenvalue weighted by molar-refractivity contribution is 6.31. The monoisotopic (exact) mass is 306 g/mol. The molecule has 3 rings (SSSR count). The van der Waals surface area contributed by atoms with E-state index in [1.54, 1.807) is 0 Å². The Labute approximate surface area is 131 Å². The van der Waals surface area contributed by atoms with Crippen LogP contribution in [0.15, 0.2) is 28.7 Å². The highest BCUT2D eigenvalue weighted by Gasteiger charge is 2.48. The van der Waals surface area contributed by atoms with Gasteiger partial charge in [-0.1, -0.05) is 45.2 Å². The van der Waals surface area contributed by atoms with Gasteiger partial charge in [-0.3, -0.25) is 0 Å². The molecule has 2 nitrogen and oxygen atoms in total. The first-order chi connectivity index (χ1) is 9.80. The number of halogens is 1. The molecule has 1 aliphatic rings. The Morgan fingerprint density at radius 2 is 2.00 bits per heavy atom. The first-order valence-electron chi connectivity index (χ1n) is 7.73. The molecule has 1 aliphatic carbocycles. The summed E-state index contributed by atoms with van der Waals surface area (Å²) in [7, 11) is 0. The van der Waals surface area contributed by atoms with Gasteiger partial charge >= 0.3 is 0 Å². The Kier molecular flexibility index (Phi) is 3.58. The zero-order valence-corrected chi connectivity index (χ0v) is 13.7. The van der Waals surface area contributed by atoms with E-state index in [2.05, 4.69) is 20.8 Å². The minimum Gasteiger partial charge on any atom is -0.458 e. The fourth-order valence-corrected chi connectivity index (χ4v) is 4.01. The molecule has 1 N–H and O–H groups in total. The molecular weight excluding hydrogens is 284 g/mol. The van der Waals surface area contributed by atoms with Gasteiger partial charge in [0.25, 0.3) is 0 Å². The van der Waals surface area contributed by atoms with Crippen LogP contribution >= 0.6 is 11.6 Å². The van der Waals surface area contributed by atoms with Crippen LogP contribution < -0.4 is 0 Å². The molecule has 2 atom stereocenters. The molecule has 2 aromatic rings. The van der Waals surface area contributed by atoms with Crippen molar-refractivity contribution >= 4 is 22.6 Å². The number of benzene rings is 1. The van der Waals surface area contributed by atoms with E-state index < -0.39 is 5.60 Å². The minimum absolute atomic E-state index is 0.0474. The van der Waals surface area contributed by atoms with E-state index in [9.17, 15) is 5.11 Å². The second kappa shape index (κ2) is 5.03. The molecule has 3 heteroatoms. The molecule has 0 bridgehead atoms. The van der Waals surface area contributed by atoms with Gasteiger partial charge in [-0.05, 0) is 48.4 Å². The van der Waals surface area contributed by atoms with Crippen molar-refractivity contribution in [2.45, 2.75) is 52.1 Å². The topological polar surface area (TPSA) is 33.4 Å². The third kappa shape index (κ3) is 2.60. The normalized spacial score (nSPS) is 27.2. The van der Waals surface area contributed by atoms with Gasteiger partial charge in [0.15, 0.2) is 0 Å². The van der Waals surface area contributed by atoms with Crippen molar-refractivity contribution in [3.63, 3.8) is 0 Å². The Morgan fingerprint density at radius 3 is 2.71 bits per heavy atom. The summed E-state index contributed by atoms with van der Waals surface area (Å²) in [6, 6.07) is 7.55. The summed E-state index contributed by atoms with van der Waals surface area (Å²) in [5.74, 6) is 0.897. The van der Waals surface area contributed by atoms with E-state index in [0.717, 1.165) is 30.2 Å². The van der Waals surface area contributed by atoms with Crippen LogP contribution in [-0.4, -0.2) is 5.11 Å². The molecule has 1 aromatic heterocycles. The van der Waals surface area contributed by atoms with Gasteiger partial charge in [0.1, 0.15) is 16.9 Å². The number of fused-ring (bicyclic) bond motifs is 1. The second-order valence-corrected chi connectivity index (χ2v) is 7.82. The van der Waals surface area contributed by atoms with E-state index in [1.165, 1.54) is 6.42 Å². The molecule has 1 fully saturated rings. The van der Waals surface area contributed by atoms with Crippen LogP contribution in [0.25, 0.3) is 11.0 Å². The molecule has 114 valence electrons. The summed E-state index contributed by atoms with van der Waals surface area (Å²) < 4.78 is 5.98. The lowest BCUT2D eigenvalue weighted by atomic mass is 9.63. The molecule has 0 spiro atoms. The summed E-state index contributed by atoms with van der Waals surface area (Å²) in [5.41, 5.74) is -0.0330. The van der Waals surface area contributed by atoms with Crippen LogP contribution in [0.5, 0.6) is 0 Å². The largest absolute Gasteiger partial charge is 0.458 e. The van der Waals surface area contributed by atoms with E-state index in [-0.39, 0.29) is 11.3 Å². The second-order valence-electron chi connectivity index (χ2n) is 7.38. The van der Waals surface area contributed by atoms with E-state index in [0.29, 0.717) is 10.8 Å². The maximum Gasteiger partial charge on any atom is 0.137 e. The van der Waals surface area contributed by atoms with Crippen molar-refractivity contribution in [3.05, 3.63) is 35.0 Å². The predicted octanol–water partition coefficient (Wildman–Crippen LogP) is 5.51. The Hall–Kier alpha value is -0.990. The van der Waals surface area contributed by atoms with Crippen molar-refractivity contribution in [1.82, 2.24) is 0 Å². The molecule has 2 unspecified atom stereocenters. The van der Waals surface area contributed by atoms with Gasteiger partial charge < -0.3 is 9.52 Å². The fourth-order valence-electron chi connectivity index (χ4n) is 3.83. The van der Waals surface area contributed by atoms with E-state index in [1.807, 2.05) is 24.3 Å². The van der Waals surface area contributed by atoms with Crippen molar-refractivity contribution in [2.75, 3.05) is 0 Å². The summed E-state index contributed by atoms with van der Waals surface area (Å²) >= 11 is 6.05. The summed E-state index contributed by atoms with van der Waals surface area (Å²) in [6.07, 6.45) is 4.03. The van der Waals surface area contributed by atoms with Crippen LogP contribution in [0.1, 0.15) is 52.2 Å². The van der Waals surface area contributed by atoms with Gasteiger partial charge in [0.2, 0.25) is 0 Å². The van der Waals surface area contributed by atoms with Crippen molar-refractivity contribution in [3.8, 4) is 0 Å². The highest BCUT2D eigenvalue weighted by atomic mass is 35.5. The zero-order chi connectivity index (χ0) is 15.3. The predicted molar refractivity (Wildman–Crippen MR) is 86.5 cm³/mol. The molecule has 0 radical (unpaired) electrons. The van der Waals surface area contributed by atoms with Crippen LogP contribution in [0.2, 0.25) is 5.02 Å². The molecule has 1 saturated carbocycles. The van der Waals surface area contributed by atoms with Gasteiger partial charge in [-0.25, -0.2) is 0 Å². The first kappa shape index (κ1) is 14.9. The molecule has 21 heavy (non-hydrogen) atoms. The molecular formula is C18H23ClO2. The van der Waals surface area contributed by atoms with Crippen LogP contribution in [0, 0.1) is 11.3 Å². The SMILES string of the molecule is CC(C)(C)C1CCCCC1(O)c1cc2cc(Cl)ccc2o1. The van der Waals surface area contributed by atoms with E-state index >= 15 is 0 Å². The molecule has 0 aliphatic heterocycles. The van der Waals surface area contributed by atoms with Crippen LogP contribution in [-0.2, 0) is 5.60 Å². The summed E-state index contributed by atoms with van der Waals surface area (Å²) in [6.45, 7) is 6.61. The van der Waals surface area contributed by atoms with Gasteiger partial charge in [0, 0.05) is 10.4 Å². The lowest BCUT2D eigenvalue weighted by molar-refractivity contribution is -0.108. The van der Waals surface area contributed by atoms with Gasteiger partial charge in [0.05, 0.1) is 0 Å². The lowest BCUT2D eigenvalue weighted by Gasteiger charge is -2.45. The Morgan fingerprint density at radius 1 is 1.24 bits per heavy atom. The summed E-state index contributed by atoms with van der Waals surface area (Å²) in [5, 5.41) is 13.0.